The summed E-state index contributed by atoms with van der Waals surface area (Å²) in [5, 5.41) is 11.0. The van der Waals surface area contributed by atoms with E-state index in [0.717, 1.165) is 4.47 Å². The number of nitro groups is 1. The van der Waals surface area contributed by atoms with Gasteiger partial charge in [0.2, 0.25) is 0 Å². The molecule has 0 saturated heterocycles. The lowest BCUT2D eigenvalue weighted by atomic mass is 10.1. The van der Waals surface area contributed by atoms with Gasteiger partial charge < -0.3 is 9.72 Å². The van der Waals surface area contributed by atoms with Gasteiger partial charge in [0.15, 0.2) is 0 Å². The van der Waals surface area contributed by atoms with Gasteiger partial charge in [-0.1, -0.05) is 15.9 Å². The third-order valence-corrected chi connectivity index (χ3v) is 3.32. The zero-order valence-corrected chi connectivity index (χ0v) is 13.5. The van der Waals surface area contributed by atoms with E-state index in [9.17, 15) is 19.7 Å². The zero-order chi connectivity index (χ0) is 17.0. The number of aromatic amines is 2. The first-order chi connectivity index (χ1) is 10.9. The molecule has 1 heterocycles. The highest BCUT2D eigenvalue weighted by molar-refractivity contribution is 9.10. The molecule has 0 aliphatic rings. The van der Waals surface area contributed by atoms with Crippen LogP contribution in [0.15, 0.2) is 32.3 Å². The summed E-state index contributed by atoms with van der Waals surface area (Å²) in [7, 11) is 0. The number of aromatic nitrogens is 2. The number of nitrogens with one attached hydrogen (secondary N) is 2. The molecule has 8 nitrogen and oxygen atoms in total. The number of hydrogen-bond donors (Lipinski definition) is 2. The number of H-pyrrole nitrogens is 2. The average molecular weight is 382 g/mol. The van der Waals surface area contributed by atoms with Crippen molar-refractivity contribution in [1.82, 2.24) is 9.97 Å². The van der Waals surface area contributed by atoms with Gasteiger partial charge in [0.25, 0.3) is 0 Å². The highest BCUT2D eigenvalue weighted by Gasteiger charge is 2.18. The molecule has 1 aromatic carbocycles. The summed E-state index contributed by atoms with van der Waals surface area (Å²) in [4.78, 5) is 37.1. The molecule has 2 rings (SSSR count). The van der Waals surface area contributed by atoms with Crippen LogP contribution in [-0.4, -0.2) is 21.5 Å². The van der Waals surface area contributed by atoms with Crippen molar-refractivity contribution in [2.45, 2.75) is 6.92 Å². The van der Waals surface area contributed by atoms with E-state index >= 15 is 0 Å². The van der Waals surface area contributed by atoms with Crippen molar-refractivity contribution in [2.24, 2.45) is 0 Å². The lowest BCUT2D eigenvalue weighted by molar-refractivity contribution is -0.386. The van der Waals surface area contributed by atoms with E-state index in [2.05, 4.69) is 20.9 Å². The molecular formula is C14H12BrN3O5. The maximum absolute atomic E-state index is 11.6. The Balaban J connectivity index is 2.53. The zero-order valence-electron chi connectivity index (χ0n) is 12.0. The van der Waals surface area contributed by atoms with Gasteiger partial charge in [-0.15, -0.1) is 0 Å². The smallest absolute Gasteiger partial charge is 0.357 e. The van der Waals surface area contributed by atoms with Crippen LogP contribution in [0.4, 0.5) is 5.69 Å². The van der Waals surface area contributed by atoms with E-state index in [4.69, 9.17) is 4.74 Å². The number of ether oxygens (including phenoxy) is 1. The van der Waals surface area contributed by atoms with E-state index in [-0.39, 0.29) is 5.69 Å². The fourth-order valence-corrected chi connectivity index (χ4v) is 2.29. The van der Waals surface area contributed by atoms with Crippen LogP contribution >= 0.6 is 15.9 Å². The number of halogens is 1. The van der Waals surface area contributed by atoms with Crippen molar-refractivity contribution in [2.75, 3.05) is 6.61 Å². The highest BCUT2D eigenvalue weighted by atomic mass is 79.9. The first-order valence-corrected chi connectivity index (χ1v) is 7.33. The molecule has 2 N–H and O–H groups in total. The van der Waals surface area contributed by atoms with Crippen LogP contribution in [-0.2, 0) is 0 Å². The van der Waals surface area contributed by atoms with Gasteiger partial charge in [-0.25, -0.2) is 4.79 Å². The molecule has 9 heteroatoms. The normalized spacial score (nSPS) is 10.9. The molecule has 1 aromatic heterocycles. The summed E-state index contributed by atoms with van der Waals surface area (Å²) in [5.74, 6) is 0.571. The average Bonchev–Trinajstić information content (AvgIpc) is 2.46. The molecule has 0 bridgehead atoms. The molecule has 0 aliphatic carbocycles. The third-order valence-electron chi connectivity index (χ3n) is 2.83. The molecular weight excluding hydrogens is 370 g/mol. The van der Waals surface area contributed by atoms with Crippen LogP contribution < -0.4 is 16.0 Å². The molecule has 120 valence electrons. The number of nitrogens with zero attached hydrogens (tertiary/aromatic N) is 1. The predicted molar refractivity (Wildman–Crippen MR) is 88.6 cm³/mol. The maximum Gasteiger partial charge on any atom is 0.357 e. The van der Waals surface area contributed by atoms with Crippen molar-refractivity contribution >= 4 is 33.8 Å². The summed E-state index contributed by atoms with van der Waals surface area (Å²) in [6.07, 6.45) is 2.81. The minimum Gasteiger partial charge on any atom is -0.493 e. The summed E-state index contributed by atoms with van der Waals surface area (Å²) in [6, 6.07) is 5.28. The minimum absolute atomic E-state index is 0.189. The third kappa shape index (κ3) is 3.95. The molecule has 0 unspecified atom stereocenters. The highest BCUT2D eigenvalue weighted by Crippen LogP contribution is 2.25. The van der Waals surface area contributed by atoms with Gasteiger partial charge in [0.05, 0.1) is 11.5 Å². The van der Waals surface area contributed by atoms with Crippen molar-refractivity contribution in [3.8, 4) is 5.75 Å². The van der Waals surface area contributed by atoms with E-state index in [1.165, 1.54) is 12.2 Å². The second-order valence-corrected chi connectivity index (χ2v) is 5.29. The Labute approximate surface area is 138 Å². The van der Waals surface area contributed by atoms with Crippen LogP contribution in [0.25, 0.3) is 12.2 Å². The second kappa shape index (κ2) is 7.05. The summed E-state index contributed by atoms with van der Waals surface area (Å²) >= 11 is 3.32. The summed E-state index contributed by atoms with van der Waals surface area (Å²) < 4.78 is 6.25. The van der Waals surface area contributed by atoms with E-state index in [1.807, 2.05) is 11.9 Å². The van der Waals surface area contributed by atoms with Crippen LogP contribution in [0.3, 0.4) is 0 Å². The fraction of sp³-hybridized carbons (Fsp3) is 0.143. The van der Waals surface area contributed by atoms with Crippen molar-refractivity contribution in [3.63, 3.8) is 0 Å². The van der Waals surface area contributed by atoms with Gasteiger partial charge in [-0.2, -0.15) is 0 Å². The lowest BCUT2D eigenvalue weighted by Gasteiger charge is -2.07. The number of rotatable bonds is 5. The largest absolute Gasteiger partial charge is 0.493 e. The molecule has 0 atom stereocenters. The van der Waals surface area contributed by atoms with Crippen molar-refractivity contribution < 1.29 is 9.66 Å². The SMILES string of the molecule is CCOc1ccc(Br)cc1C=Cc1[nH]c(=O)[nH]c(=O)c1[N+](=O)[O-]. The molecule has 0 fully saturated rings. The molecule has 2 aromatic rings. The number of benzene rings is 1. The number of hydrogen-bond acceptors (Lipinski definition) is 5. The summed E-state index contributed by atoms with van der Waals surface area (Å²) in [5.41, 5.74) is -2.16. The maximum atomic E-state index is 11.6. The minimum atomic E-state index is -1.06. The summed E-state index contributed by atoms with van der Waals surface area (Å²) in [6.45, 7) is 2.28. The van der Waals surface area contributed by atoms with Gasteiger partial charge in [-0.3, -0.25) is 19.9 Å². The van der Waals surface area contributed by atoms with E-state index in [0.29, 0.717) is 17.9 Å². The predicted octanol–water partition coefficient (Wildman–Crippen LogP) is 2.30. The Hall–Kier alpha value is -2.68. The molecule has 0 spiro atoms. The first kappa shape index (κ1) is 16.7. The Bertz CT molecular complexity index is 885. The molecule has 0 amide bonds. The van der Waals surface area contributed by atoms with Crippen molar-refractivity contribution in [1.29, 1.82) is 0 Å². The Morgan fingerprint density at radius 3 is 2.70 bits per heavy atom. The van der Waals surface area contributed by atoms with E-state index in [1.54, 1.807) is 18.2 Å². The fourth-order valence-electron chi connectivity index (χ4n) is 1.91. The van der Waals surface area contributed by atoms with Crippen LogP contribution in [0.5, 0.6) is 5.75 Å². The standard InChI is InChI=1S/C14H12BrN3O5/c1-2-23-11-6-4-9(15)7-8(11)3-5-10-12(18(21)22)13(19)17-14(20)16-10/h3-7H,2H2,1H3,(H2,16,17,19,20). The quantitative estimate of drug-likeness (QED) is 0.608. The molecule has 0 aliphatic heterocycles. The monoisotopic (exact) mass is 381 g/mol. The Morgan fingerprint density at radius 2 is 2.04 bits per heavy atom. The Morgan fingerprint density at radius 1 is 1.30 bits per heavy atom. The van der Waals surface area contributed by atoms with Gasteiger partial charge in [0.1, 0.15) is 11.4 Å². The van der Waals surface area contributed by atoms with Crippen LogP contribution in [0, 0.1) is 10.1 Å². The van der Waals surface area contributed by atoms with Crippen LogP contribution in [0.1, 0.15) is 18.2 Å². The first-order valence-electron chi connectivity index (χ1n) is 6.53. The van der Waals surface area contributed by atoms with Gasteiger partial charge in [-0.05, 0) is 37.3 Å². The van der Waals surface area contributed by atoms with Crippen molar-refractivity contribution in [3.05, 3.63) is 64.9 Å². The molecule has 0 radical (unpaired) electrons. The van der Waals surface area contributed by atoms with Gasteiger partial charge >= 0.3 is 16.9 Å². The molecule has 0 saturated carbocycles. The van der Waals surface area contributed by atoms with Gasteiger partial charge in [0, 0.05) is 10.0 Å². The Kier molecular flexibility index (Phi) is 5.12. The van der Waals surface area contributed by atoms with Crippen LogP contribution in [0.2, 0.25) is 0 Å². The topological polar surface area (TPSA) is 118 Å². The molecule has 23 heavy (non-hydrogen) atoms. The van der Waals surface area contributed by atoms with E-state index < -0.39 is 21.9 Å². The second-order valence-electron chi connectivity index (χ2n) is 4.38. The lowest BCUT2D eigenvalue weighted by Crippen LogP contribution is -2.25.